The van der Waals surface area contributed by atoms with E-state index < -0.39 is 10.8 Å². The van der Waals surface area contributed by atoms with Gasteiger partial charge in [-0.25, -0.2) is 0 Å². The number of rotatable bonds is 6. The zero-order valence-electron chi connectivity index (χ0n) is 10.8. The van der Waals surface area contributed by atoms with Gasteiger partial charge in [0, 0.05) is 21.6 Å². The van der Waals surface area contributed by atoms with E-state index in [4.69, 9.17) is 4.74 Å². The molecule has 0 saturated heterocycles. The van der Waals surface area contributed by atoms with Crippen LogP contribution in [-0.2, 0) is 26.1 Å². The van der Waals surface area contributed by atoms with E-state index in [-0.39, 0.29) is 17.6 Å². The topological polar surface area (TPSA) is 52.6 Å². The van der Waals surface area contributed by atoms with Crippen LogP contribution in [0.5, 0.6) is 5.75 Å². The molecule has 0 radical (unpaired) electrons. The molecule has 0 saturated carbocycles. The molecule has 100 valence electrons. The number of esters is 1. The van der Waals surface area contributed by atoms with Crippen molar-refractivity contribution >= 4 is 16.8 Å². The first kappa shape index (κ1) is 14.7. The number of carbonyl (C=O) groups is 1. The molecule has 2 unspecified atom stereocenters. The van der Waals surface area contributed by atoms with Gasteiger partial charge in [-0.2, -0.15) is 0 Å². The van der Waals surface area contributed by atoms with Crippen LogP contribution in [0.4, 0.5) is 0 Å². The van der Waals surface area contributed by atoms with Crippen molar-refractivity contribution in [3.63, 3.8) is 0 Å². The summed E-state index contributed by atoms with van der Waals surface area (Å²) in [5.41, 5.74) is 0.884. The standard InChI is InChI=1S/C13H18O4S/c1-10(8-13(14)17-3)18(15)9-11-6-4-5-7-12(11)16-2/h4-7,10H,8-9H2,1-3H3. The molecule has 0 N–H and O–H groups in total. The lowest BCUT2D eigenvalue weighted by atomic mass is 10.2. The summed E-state index contributed by atoms with van der Waals surface area (Å²) < 4.78 is 21.8. The quantitative estimate of drug-likeness (QED) is 0.741. The normalized spacial score (nSPS) is 13.7. The summed E-state index contributed by atoms with van der Waals surface area (Å²) in [6, 6.07) is 7.45. The summed E-state index contributed by atoms with van der Waals surface area (Å²) in [4.78, 5) is 11.1. The second kappa shape index (κ2) is 7.16. The van der Waals surface area contributed by atoms with Gasteiger partial charge in [0.2, 0.25) is 0 Å². The summed E-state index contributed by atoms with van der Waals surface area (Å²) >= 11 is 0. The maximum Gasteiger partial charge on any atom is 0.306 e. The van der Waals surface area contributed by atoms with Gasteiger partial charge in [-0.05, 0) is 6.07 Å². The van der Waals surface area contributed by atoms with E-state index >= 15 is 0 Å². The first-order chi connectivity index (χ1) is 8.58. The minimum Gasteiger partial charge on any atom is -0.496 e. The van der Waals surface area contributed by atoms with Crippen molar-refractivity contribution in [1.29, 1.82) is 0 Å². The minimum absolute atomic E-state index is 0.165. The Labute approximate surface area is 110 Å². The number of benzene rings is 1. The van der Waals surface area contributed by atoms with Crippen LogP contribution < -0.4 is 4.74 Å². The number of hydrogen-bond acceptors (Lipinski definition) is 4. The molecule has 0 aliphatic heterocycles. The summed E-state index contributed by atoms with van der Waals surface area (Å²) in [7, 11) is 1.78. The van der Waals surface area contributed by atoms with Gasteiger partial charge in [0.25, 0.3) is 0 Å². The fraction of sp³-hybridized carbons (Fsp3) is 0.462. The van der Waals surface area contributed by atoms with Crippen molar-refractivity contribution in [2.75, 3.05) is 14.2 Å². The van der Waals surface area contributed by atoms with E-state index in [1.165, 1.54) is 7.11 Å². The van der Waals surface area contributed by atoms with Crippen LogP contribution in [0.2, 0.25) is 0 Å². The smallest absolute Gasteiger partial charge is 0.306 e. The molecule has 0 amide bonds. The number of para-hydroxylation sites is 1. The molecular weight excluding hydrogens is 252 g/mol. The van der Waals surface area contributed by atoms with Crippen LogP contribution in [0, 0.1) is 0 Å². The van der Waals surface area contributed by atoms with E-state index in [2.05, 4.69) is 4.74 Å². The summed E-state index contributed by atoms with van der Waals surface area (Å²) in [6.45, 7) is 1.78. The number of ether oxygens (including phenoxy) is 2. The second-order valence-corrected chi connectivity index (χ2v) is 5.78. The Morgan fingerprint density at radius 1 is 1.33 bits per heavy atom. The molecule has 4 nitrogen and oxygen atoms in total. The van der Waals surface area contributed by atoms with Gasteiger partial charge in [0.15, 0.2) is 0 Å². The minimum atomic E-state index is -1.13. The molecule has 1 rings (SSSR count). The fourth-order valence-corrected chi connectivity index (χ4v) is 2.68. The molecule has 1 aromatic carbocycles. The number of carbonyl (C=O) groups excluding carboxylic acids is 1. The Bertz CT molecular complexity index is 431. The molecule has 0 fully saturated rings. The highest BCUT2D eigenvalue weighted by molar-refractivity contribution is 7.84. The largest absolute Gasteiger partial charge is 0.496 e. The average Bonchev–Trinajstić information content (AvgIpc) is 2.39. The van der Waals surface area contributed by atoms with Crippen molar-refractivity contribution in [1.82, 2.24) is 0 Å². The maximum atomic E-state index is 12.1. The molecule has 2 atom stereocenters. The van der Waals surface area contributed by atoms with Crippen molar-refractivity contribution in [3.05, 3.63) is 29.8 Å². The van der Waals surface area contributed by atoms with E-state index in [0.717, 1.165) is 11.3 Å². The Hall–Kier alpha value is -1.36. The fourth-order valence-electron chi connectivity index (χ4n) is 1.53. The van der Waals surface area contributed by atoms with Gasteiger partial charge < -0.3 is 9.47 Å². The van der Waals surface area contributed by atoms with E-state index in [9.17, 15) is 9.00 Å². The monoisotopic (exact) mass is 270 g/mol. The second-order valence-electron chi connectivity index (χ2n) is 3.93. The van der Waals surface area contributed by atoms with Crippen molar-refractivity contribution in [2.24, 2.45) is 0 Å². The summed E-state index contributed by atoms with van der Waals surface area (Å²) in [5.74, 6) is 0.759. The highest BCUT2D eigenvalue weighted by Gasteiger charge is 2.17. The predicted octanol–water partition coefficient (Wildman–Crippen LogP) is 1.90. The zero-order chi connectivity index (χ0) is 13.5. The highest BCUT2D eigenvalue weighted by atomic mass is 32.2. The van der Waals surface area contributed by atoms with Crippen LogP contribution >= 0.6 is 0 Å². The van der Waals surface area contributed by atoms with Crippen LogP contribution in [0.3, 0.4) is 0 Å². The van der Waals surface area contributed by atoms with Crippen LogP contribution in [-0.4, -0.2) is 29.6 Å². The molecule has 5 heteroatoms. The number of methoxy groups -OCH3 is 2. The van der Waals surface area contributed by atoms with Gasteiger partial charge in [-0.3, -0.25) is 9.00 Å². The Morgan fingerprint density at radius 2 is 2.00 bits per heavy atom. The lowest BCUT2D eigenvalue weighted by Crippen LogP contribution is -2.18. The van der Waals surface area contributed by atoms with Gasteiger partial charge in [-0.15, -0.1) is 0 Å². The third-order valence-electron chi connectivity index (χ3n) is 2.62. The van der Waals surface area contributed by atoms with Crippen molar-refractivity contribution in [2.45, 2.75) is 24.3 Å². The summed E-state index contributed by atoms with van der Waals surface area (Å²) in [5, 5.41) is -0.234. The molecule has 0 bridgehead atoms. The predicted molar refractivity (Wildman–Crippen MR) is 70.9 cm³/mol. The van der Waals surface area contributed by atoms with Crippen LogP contribution in [0.1, 0.15) is 18.9 Å². The third kappa shape index (κ3) is 4.14. The molecular formula is C13H18O4S. The first-order valence-corrected chi connectivity index (χ1v) is 7.02. The molecule has 0 aliphatic rings. The molecule has 1 aromatic rings. The molecule has 0 aliphatic carbocycles. The SMILES string of the molecule is COC(=O)CC(C)S(=O)Cc1ccccc1OC. The third-order valence-corrected chi connectivity index (χ3v) is 4.28. The lowest BCUT2D eigenvalue weighted by molar-refractivity contribution is -0.140. The van der Waals surface area contributed by atoms with E-state index in [1.807, 2.05) is 24.3 Å². The van der Waals surface area contributed by atoms with E-state index in [0.29, 0.717) is 5.75 Å². The molecule has 0 spiro atoms. The van der Waals surface area contributed by atoms with E-state index in [1.54, 1.807) is 14.0 Å². The first-order valence-electron chi connectivity index (χ1n) is 5.64. The van der Waals surface area contributed by atoms with Gasteiger partial charge in [-0.1, -0.05) is 25.1 Å². The van der Waals surface area contributed by atoms with Gasteiger partial charge >= 0.3 is 5.97 Å². The maximum absolute atomic E-state index is 12.1. The van der Waals surface area contributed by atoms with Crippen molar-refractivity contribution < 1.29 is 18.5 Å². The van der Waals surface area contributed by atoms with Crippen molar-refractivity contribution in [3.8, 4) is 5.75 Å². The lowest BCUT2D eigenvalue weighted by Gasteiger charge is -2.12. The molecule has 0 heterocycles. The zero-order valence-corrected chi connectivity index (χ0v) is 11.7. The van der Waals surface area contributed by atoms with Gasteiger partial charge in [0.05, 0.1) is 26.4 Å². The average molecular weight is 270 g/mol. The Balaban J connectivity index is 2.66. The van der Waals surface area contributed by atoms with Gasteiger partial charge in [0.1, 0.15) is 5.75 Å². The summed E-state index contributed by atoms with van der Waals surface area (Å²) in [6.07, 6.45) is 0.165. The Kier molecular flexibility index (Phi) is 5.85. The molecule has 18 heavy (non-hydrogen) atoms. The highest BCUT2D eigenvalue weighted by Crippen LogP contribution is 2.20. The Morgan fingerprint density at radius 3 is 2.61 bits per heavy atom. The molecule has 0 aromatic heterocycles. The van der Waals surface area contributed by atoms with Crippen LogP contribution in [0.25, 0.3) is 0 Å². The number of hydrogen-bond donors (Lipinski definition) is 0. The van der Waals surface area contributed by atoms with Crippen LogP contribution in [0.15, 0.2) is 24.3 Å².